The topological polar surface area (TPSA) is 30.9 Å². The van der Waals surface area contributed by atoms with Crippen molar-refractivity contribution in [1.29, 1.82) is 0 Å². The summed E-state index contributed by atoms with van der Waals surface area (Å²) in [7, 11) is 0. The van der Waals surface area contributed by atoms with Crippen LogP contribution in [0.5, 0.6) is 0 Å². The minimum absolute atomic E-state index is 0.588. The molecule has 0 N–H and O–H groups in total. The molecular weight excluding hydrogens is 218 g/mol. The summed E-state index contributed by atoms with van der Waals surface area (Å²) >= 11 is 0. The fourth-order valence-electron chi connectivity index (χ4n) is 2.42. The smallest absolute Gasteiger partial charge is 0.185 e. The molecule has 0 aromatic heterocycles. The van der Waals surface area contributed by atoms with E-state index >= 15 is 0 Å². The Labute approximate surface area is 105 Å². The molecule has 0 aliphatic carbocycles. The predicted octanol–water partition coefficient (Wildman–Crippen LogP) is 2.05. The highest BCUT2D eigenvalue weighted by Crippen LogP contribution is 2.32. The molecule has 0 bridgehead atoms. The number of morpholine rings is 1. The molecule has 0 amide bonds. The zero-order chi connectivity index (χ0) is 12.7. The minimum atomic E-state index is -0.588. The van der Waals surface area contributed by atoms with Crippen LogP contribution in [0.4, 0.5) is 0 Å². The van der Waals surface area contributed by atoms with E-state index in [0.29, 0.717) is 13.2 Å². The Hall–Kier alpha value is -0.160. The monoisotopic (exact) mass is 244 g/mol. The highest BCUT2D eigenvalue weighted by molar-refractivity contribution is 5.01. The van der Waals surface area contributed by atoms with Crippen LogP contribution in [0, 0.1) is 6.04 Å². The largest absolute Gasteiger partial charge is 0.379 e. The molecular formula is C13H26NO3. The molecule has 1 aliphatic rings. The molecule has 1 heterocycles. The quantitative estimate of drug-likeness (QED) is 0.641. The second-order valence-corrected chi connectivity index (χ2v) is 4.21. The minimum Gasteiger partial charge on any atom is -0.379 e. The van der Waals surface area contributed by atoms with Crippen molar-refractivity contribution in [2.45, 2.75) is 39.9 Å². The molecule has 4 heteroatoms. The van der Waals surface area contributed by atoms with Crippen molar-refractivity contribution in [2.75, 3.05) is 39.5 Å². The van der Waals surface area contributed by atoms with Crippen molar-refractivity contribution >= 4 is 0 Å². The zero-order valence-electron chi connectivity index (χ0n) is 11.6. The fraction of sp³-hybridized carbons (Fsp3) is 0.923. The lowest BCUT2D eigenvalue weighted by molar-refractivity contribution is -0.229. The summed E-state index contributed by atoms with van der Waals surface area (Å²) in [6, 6.07) is 1.23. The Morgan fingerprint density at radius 2 is 1.65 bits per heavy atom. The predicted molar refractivity (Wildman–Crippen MR) is 67.6 cm³/mol. The standard InChI is InChI=1S/C13H26NO3/c1-5-12(14-8-10-15-11-9-14)13(4,16-6-2)17-7-3/h5-11H2,1-4H3. The first-order chi connectivity index (χ1) is 8.18. The van der Waals surface area contributed by atoms with E-state index in [9.17, 15) is 0 Å². The molecule has 0 spiro atoms. The molecule has 0 atom stereocenters. The maximum absolute atomic E-state index is 5.83. The SMILES string of the molecule is CCOC(C)(OCC)[C](CC)N1CCOCC1. The molecule has 0 unspecified atom stereocenters. The average Bonchev–Trinajstić information content (AvgIpc) is 2.31. The van der Waals surface area contributed by atoms with Gasteiger partial charge in [-0.15, -0.1) is 0 Å². The van der Waals surface area contributed by atoms with Crippen LogP contribution in [-0.2, 0) is 14.2 Å². The Bertz CT molecular complexity index is 199. The Balaban J connectivity index is 2.71. The van der Waals surface area contributed by atoms with E-state index < -0.39 is 5.79 Å². The van der Waals surface area contributed by atoms with Gasteiger partial charge in [0.2, 0.25) is 0 Å². The molecule has 1 radical (unpaired) electrons. The van der Waals surface area contributed by atoms with Crippen LogP contribution in [-0.4, -0.2) is 50.2 Å². The second kappa shape index (κ2) is 7.31. The van der Waals surface area contributed by atoms with Crippen LogP contribution >= 0.6 is 0 Å². The van der Waals surface area contributed by atoms with Crippen LogP contribution in [0.15, 0.2) is 0 Å². The molecule has 1 saturated heterocycles. The highest BCUT2D eigenvalue weighted by Gasteiger charge is 2.40. The molecule has 0 aromatic carbocycles. The molecule has 4 nitrogen and oxygen atoms in total. The third kappa shape index (κ3) is 3.91. The molecule has 1 aliphatic heterocycles. The Morgan fingerprint density at radius 3 is 2.06 bits per heavy atom. The van der Waals surface area contributed by atoms with Gasteiger partial charge in [-0.05, 0) is 27.2 Å². The molecule has 0 aromatic rings. The van der Waals surface area contributed by atoms with E-state index in [0.717, 1.165) is 32.7 Å². The molecule has 1 fully saturated rings. The number of nitrogens with zero attached hydrogens (tertiary/aromatic N) is 1. The van der Waals surface area contributed by atoms with E-state index in [1.54, 1.807) is 0 Å². The first-order valence-corrected chi connectivity index (χ1v) is 6.64. The summed E-state index contributed by atoms with van der Waals surface area (Å²) in [4.78, 5) is 2.34. The lowest BCUT2D eigenvalue weighted by Gasteiger charge is -2.43. The van der Waals surface area contributed by atoms with Gasteiger partial charge in [-0.1, -0.05) is 6.92 Å². The van der Waals surface area contributed by atoms with E-state index in [4.69, 9.17) is 14.2 Å². The lowest BCUT2D eigenvalue weighted by atomic mass is 10.0. The van der Waals surface area contributed by atoms with Gasteiger partial charge in [0.25, 0.3) is 0 Å². The molecule has 101 valence electrons. The van der Waals surface area contributed by atoms with Crippen molar-refractivity contribution in [3.05, 3.63) is 6.04 Å². The number of hydrogen-bond acceptors (Lipinski definition) is 4. The fourth-order valence-corrected chi connectivity index (χ4v) is 2.42. The van der Waals surface area contributed by atoms with Crippen LogP contribution in [0.3, 0.4) is 0 Å². The van der Waals surface area contributed by atoms with Crippen molar-refractivity contribution in [3.63, 3.8) is 0 Å². The third-order valence-corrected chi connectivity index (χ3v) is 3.09. The maximum Gasteiger partial charge on any atom is 0.185 e. The van der Waals surface area contributed by atoms with Gasteiger partial charge in [0.1, 0.15) is 0 Å². The van der Waals surface area contributed by atoms with Crippen LogP contribution in [0.2, 0.25) is 0 Å². The van der Waals surface area contributed by atoms with Gasteiger partial charge < -0.3 is 14.2 Å². The van der Waals surface area contributed by atoms with Gasteiger partial charge in [-0.25, -0.2) is 0 Å². The first kappa shape index (κ1) is 14.9. The summed E-state index contributed by atoms with van der Waals surface area (Å²) in [6.07, 6.45) is 0.941. The first-order valence-electron chi connectivity index (χ1n) is 6.64. The summed E-state index contributed by atoms with van der Waals surface area (Å²) in [5, 5.41) is 0. The number of rotatable bonds is 7. The van der Waals surface area contributed by atoms with Crippen LogP contribution in [0.25, 0.3) is 0 Å². The average molecular weight is 244 g/mol. The zero-order valence-corrected chi connectivity index (χ0v) is 11.6. The van der Waals surface area contributed by atoms with Crippen molar-refractivity contribution < 1.29 is 14.2 Å². The molecule has 17 heavy (non-hydrogen) atoms. The summed E-state index contributed by atoms with van der Waals surface area (Å²) in [5.41, 5.74) is 0. The Kier molecular flexibility index (Phi) is 6.41. The van der Waals surface area contributed by atoms with Crippen molar-refractivity contribution in [2.24, 2.45) is 0 Å². The van der Waals surface area contributed by atoms with E-state index in [2.05, 4.69) is 11.8 Å². The van der Waals surface area contributed by atoms with Gasteiger partial charge in [0, 0.05) is 26.3 Å². The third-order valence-electron chi connectivity index (χ3n) is 3.09. The van der Waals surface area contributed by atoms with E-state index in [1.165, 1.54) is 6.04 Å². The van der Waals surface area contributed by atoms with Gasteiger partial charge in [0.15, 0.2) is 5.79 Å². The molecule has 1 rings (SSSR count). The number of ether oxygens (including phenoxy) is 3. The van der Waals surface area contributed by atoms with Gasteiger partial charge in [-0.2, -0.15) is 0 Å². The summed E-state index contributed by atoms with van der Waals surface area (Å²) < 4.78 is 17.1. The molecule has 0 saturated carbocycles. The second-order valence-electron chi connectivity index (χ2n) is 4.21. The lowest BCUT2D eigenvalue weighted by Crippen LogP contribution is -2.51. The van der Waals surface area contributed by atoms with Crippen LogP contribution < -0.4 is 0 Å². The normalized spacial score (nSPS) is 18.9. The van der Waals surface area contributed by atoms with Crippen molar-refractivity contribution in [3.8, 4) is 0 Å². The van der Waals surface area contributed by atoms with Gasteiger partial charge in [0.05, 0.1) is 19.3 Å². The summed E-state index contributed by atoms with van der Waals surface area (Å²) in [5.74, 6) is -0.588. The van der Waals surface area contributed by atoms with Gasteiger partial charge >= 0.3 is 0 Å². The summed E-state index contributed by atoms with van der Waals surface area (Å²) in [6.45, 7) is 12.9. The van der Waals surface area contributed by atoms with E-state index in [1.807, 2.05) is 20.8 Å². The Morgan fingerprint density at radius 1 is 1.12 bits per heavy atom. The van der Waals surface area contributed by atoms with Gasteiger partial charge in [-0.3, -0.25) is 4.90 Å². The van der Waals surface area contributed by atoms with Crippen molar-refractivity contribution in [1.82, 2.24) is 4.90 Å². The number of hydrogen-bond donors (Lipinski definition) is 0. The van der Waals surface area contributed by atoms with E-state index in [-0.39, 0.29) is 0 Å². The highest BCUT2D eigenvalue weighted by atomic mass is 16.7. The van der Waals surface area contributed by atoms with Crippen LogP contribution in [0.1, 0.15) is 34.1 Å². The maximum atomic E-state index is 5.83.